The molecule has 1 heterocycles. The topological polar surface area (TPSA) is 58.4 Å². The molecule has 3 N–H and O–H groups in total. The van der Waals surface area contributed by atoms with Crippen LogP contribution < -0.4 is 11.1 Å². The maximum absolute atomic E-state index is 11.2. The van der Waals surface area contributed by atoms with E-state index in [1.807, 2.05) is 0 Å². The van der Waals surface area contributed by atoms with Gasteiger partial charge in [-0.15, -0.1) is 0 Å². The second-order valence-corrected chi connectivity index (χ2v) is 4.75. The van der Waals surface area contributed by atoms with E-state index in [0.29, 0.717) is 0 Å². The first-order chi connectivity index (χ1) is 7.63. The van der Waals surface area contributed by atoms with E-state index < -0.39 is 0 Å². The van der Waals surface area contributed by atoms with Crippen LogP contribution in [0, 0.1) is 5.92 Å². The molecule has 16 heavy (non-hydrogen) atoms. The molecule has 0 spiro atoms. The Bertz CT molecular complexity index is 210. The predicted octanol–water partition coefficient (Wildman–Crippen LogP) is 0.572. The van der Waals surface area contributed by atoms with Gasteiger partial charge in [-0.1, -0.05) is 6.92 Å². The number of carbonyl (C=O) groups excluding carboxylic acids is 1. The standard InChI is InChI=1S/C12H25N3O/c1-3-15-8-5-11(6-9-15)4-7-14-12(16)10(2)13/h10-11H,3-9,13H2,1-2H3,(H,14,16)/t10-/m1/s1. The Morgan fingerprint density at radius 3 is 2.62 bits per heavy atom. The number of nitrogens with zero attached hydrogens (tertiary/aromatic N) is 1. The van der Waals surface area contributed by atoms with Crippen LogP contribution in [0.15, 0.2) is 0 Å². The van der Waals surface area contributed by atoms with Crippen molar-refractivity contribution in [3.8, 4) is 0 Å². The third kappa shape index (κ3) is 4.49. The summed E-state index contributed by atoms with van der Waals surface area (Å²) in [6.45, 7) is 8.29. The van der Waals surface area contributed by atoms with Crippen molar-refractivity contribution in [2.24, 2.45) is 11.7 Å². The highest BCUT2D eigenvalue weighted by atomic mass is 16.2. The Kier molecular flexibility index (Phi) is 5.77. The Labute approximate surface area is 98.6 Å². The van der Waals surface area contributed by atoms with Crippen LogP contribution in [0.2, 0.25) is 0 Å². The first kappa shape index (κ1) is 13.5. The average molecular weight is 227 g/mol. The summed E-state index contributed by atoms with van der Waals surface area (Å²) in [6, 6.07) is -0.387. The molecule has 0 aliphatic carbocycles. The number of hydrogen-bond acceptors (Lipinski definition) is 3. The summed E-state index contributed by atoms with van der Waals surface area (Å²) < 4.78 is 0. The van der Waals surface area contributed by atoms with Crippen molar-refractivity contribution in [2.75, 3.05) is 26.2 Å². The fourth-order valence-electron chi connectivity index (χ4n) is 2.15. The van der Waals surface area contributed by atoms with Crippen molar-refractivity contribution in [3.63, 3.8) is 0 Å². The van der Waals surface area contributed by atoms with Gasteiger partial charge in [0.2, 0.25) is 5.91 Å². The van der Waals surface area contributed by atoms with E-state index in [0.717, 1.165) is 25.4 Å². The SMILES string of the molecule is CCN1CCC(CCNC(=O)[C@@H](C)N)CC1. The highest BCUT2D eigenvalue weighted by molar-refractivity contribution is 5.80. The van der Waals surface area contributed by atoms with E-state index in [2.05, 4.69) is 17.1 Å². The summed E-state index contributed by atoms with van der Waals surface area (Å²) in [7, 11) is 0. The van der Waals surface area contributed by atoms with E-state index in [1.165, 1.54) is 25.9 Å². The van der Waals surface area contributed by atoms with Crippen LogP contribution in [0.1, 0.15) is 33.1 Å². The third-order valence-electron chi connectivity index (χ3n) is 3.42. The van der Waals surface area contributed by atoms with Crippen LogP contribution in [-0.2, 0) is 4.79 Å². The third-order valence-corrected chi connectivity index (χ3v) is 3.42. The quantitative estimate of drug-likeness (QED) is 0.722. The van der Waals surface area contributed by atoms with Gasteiger partial charge >= 0.3 is 0 Å². The summed E-state index contributed by atoms with van der Waals surface area (Å²) in [5, 5.41) is 2.88. The normalized spacial score (nSPS) is 20.7. The van der Waals surface area contributed by atoms with Crippen LogP contribution in [0.3, 0.4) is 0 Å². The van der Waals surface area contributed by atoms with Crippen LogP contribution >= 0.6 is 0 Å². The molecule has 0 aromatic rings. The van der Waals surface area contributed by atoms with Gasteiger partial charge < -0.3 is 16.0 Å². The monoisotopic (exact) mass is 227 g/mol. The number of piperidine rings is 1. The number of nitrogens with two attached hydrogens (primary N) is 1. The van der Waals surface area contributed by atoms with Crippen LogP contribution in [0.25, 0.3) is 0 Å². The zero-order valence-electron chi connectivity index (χ0n) is 10.5. The molecule has 4 heteroatoms. The zero-order valence-corrected chi connectivity index (χ0v) is 10.5. The number of hydrogen-bond donors (Lipinski definition) is 2. The molecule has 0 aromatic carbocycles. The van der Waals surface area contributed by atoms with Crippen molar-refractivity contribution in [2.45, 2.75) is 39.2 Å². The summed E-state index contributed by atoms with van der Waals surface area (Å²) in [5.74, 6) is 0.738. The van der Waals surface area contributed by atoms with Crippen LogP contribution in [0.5, 0.6) is 0 Å². The molecular formula is C12H25N3O. The van der Waals surface area contributed by atoms with Gasteiger partial charge in [0.05, 0.1) is 6.04 Å². The average Bonchev–Trinajstić information content (AvgIpc) is 2.29. The molecule has 4 nitrogen and oxygen atoms in total. The number of likely N-dealkylation sites (tertiary alicyclic amines) is 1. The van der Waals surface area contributed by atoms with Gasteiger partial charge in [-0.05, 0) is 51.7 Å². The molecule has 0 saturated carbocycles. The van der Waals surface area contributed by atoms with Gasteiger partial charge in [0.1, 0.15) is 0 Å². The summed E-state index contributed by atoms with van der Waals surface area (Å²) >= 11 is 0. The lowest BCUT2D eigenvalue weighted by Gasteiger charge is -2.31. The van der Waals surface area contributed by atoms with Gasteiger partial charge in [-0.2, -0.15) is 0 Å². The van der Waals surface area contributed by atoms with E-state index >= 15 is 0 Å². The smallest absolute Gasteiger partial charge is 0.236 e. The number of nitrogens with one attached hydrogen (secondary N) is 1. The first-order valence-corrected chi connectivity index (χ1v) is 6.39. The molecule has 0 unspecified atom stereocenters. The molecule has 1 rings (SSSR count). The van der Waals surface area contributed by atoms with Crippen molar-refractivity contribution < 1.29 is 4.79 Å². The maximum atomic E-state index is 11.2. The van der Waals surface area contributed by atoms with Crippen LogP contribution in [-0.4, -0.2) is 43.0 Å². The highest BCUT2D eigenvalue weighted by Gasteiger charge is 2.17. The van der Waals surface area contributed by atoms with Gasteiger partial charge in [-0.3, -0.25) is 4.79 Å². The van der Waals surface area contributed by atoms with E-state index in [-0.39, 0.29) is 11.9 Å². The van der Waals surface area contributed by atoms with Gasteiger partial charge in [0.15, 0.2) is 0 Å². The van der Waals surface area contributed by atoms with E-state index in [1.54, 1.807) is 6.92 Å². The van der Waals surface area contributed by atoms with Gasteiger partial charge in [-0.25, -0.2) is 0 Å². The first-order valence-electron chi connectivity index (χ1n) is 6.39. The fraction of sp³-hybridized carbons (Fsp3) is 0.917. The zero-order chi connectivity index (χ0) is 12.0. The Hall–Kier alpha value is -0.610. The Morgan fingerprint density at radius 1 is 1.50 bits per heavy atom. The van der Waals surface area contributed by atoms with E-state index in [9.17, 15) is 4.79 Å². The summed E-state index contributed by atoms with van der Waals surface area (Å²) in [5.41, 5.74) is 5.47. The minimum atomic E-state index is -0.387. The lowest BCUT2D eigenvalue weighted by atomic mass is 9.93. The molecule has 0 bridgehead atoms. The molecule has 0 aromatic heterocycles. The van der Waals surface area contributed by atoms with Crippen molar-refractivity contribution in [3.05, 3.63) is 0 Å². The maximum Gasteiger partial charge on any atom is 0.236 e. The summed E-state index contributed by atoms with van der Waals surface area (Å²) in [6.07, 6.45) is 3.62. The number of amides is 1. The molecule has 0 radical (unpaired) electrons. The predicted molar refractivity (Wildman–Crippen MR) is 66.1 cm³/mol. The number of rotatable bonds is 5. The molecule has 94 valence electrons. The largest absolute Gasteiger partial charge is 0.355 e. The minimum Gasteiger partial charge on any atom is -0.355 e. The van der Waals surface area contributed by atoms with E-state index in [4.69, 9.17) is 5.73 Å². The summed E-state index contributed by atoms with van der Waals surface area (Å²) in [4.78, 5) is 13.7. The molecule has 1 aliphatic heterocycles. The highest BCUT2D eigenvalue weighted by Crippen LogP contribution is 2.19. The second-order valence-electron chi connectivity index (χ2n) is 4.75. The van der Waals surface area contributed by atoms with Crippen molar-refractivity contribution in [1.82, 2.24) is 10.2 Å². The molecule has 1 fully saturated rings. The Balaban J connectivity index is 2.08. The minimum absolute atomic E-state index is 0.0361. The van der Waals surface area contributed by atoms with Crippen molar-refractivity contribution >= 4 is 5.91 Å². The lowest BCUT2D eigenvalue weighted by molar-refractivity contribution is -0.122. The van der Waals surface area contributed by atoms with Crippen molar-refractivity contribution in [1.29, 1.82) is 0 Å². The van der Waals surface area contributed by atoms with Gasteiger partial charge in [0, 0.05) is 6.54 Å². The molecule has 1 atom stereocenters. The molecule has 1 amide bonds. The molecule has 1 saturated heterocycles. The number of carbonyl (C=O) groups is 1. The fourth-order valence-corrected chi connectivity index (χ4v) is 2.15. The Morgan fingerprint density at radius 2 is 2.12 bits per heavy atom. The molecule has 1 aliphatic rings. The van der Waals surface area contributed by atoms with Crippen LogP contribution in [0.4, 0.5) is 0 Å². The second kappa shape index (κ2) is 6.86. The molecular weight excluding hydrogens is 202 g/mol. The lowest BCUT2D eigenvalue weighted by Crippen LogP contribution is -2.40. The van der Waals surface area contributed by atoms with Gasteiger partial charge in [0.25, 0.3) is 0 Å².